The van der Waals surface area contributed by atoms with Gasteiger partial charge in [0.15, 0.2) is 5.78 Å². The Labute approximate surface area is 173 Å². The minimum absolute atomic E-state index is 0.0153. The van der Waals surface area contributed by atoms with Crippen LogP contribution in [0.25, 0.3) is 10.9 Å². The summed E-state index contributed by atoms with van der Waals surface area (Å²) in [5.74, 6) is -0.162. The number of rotatable bonds is 5. The smallest absolute Gasteiger partial charge is 0.412 e. The van der Waals surface area contributed by atoms with Crippen molar-refractivity contribution in [3.05, 3.63) is 41.2 Å². The van der Waals surface area contributed by atoms with E-state index in [1.54, 1.807) is 62.4 Å². The number of hydrogen-bond donors (Lipinski definition) is 1. The Kier molecular flexibility index (Phi) is 6.71. The number of aryl methyl sites for hydroxylation is 1. The van der Waals surface area contributed by atoms with Gasteiger partial charge in [-0.3, -0.25) is 10.1 Å². The minimum Gasteiger partial charge on any atom is -0.444 e. The number of carbonyl (C=O) groups excluding carboxylic acids is 2. The van der Waals surface area contributed by atoms with Gasteiger partial charge < -0.3 is 14.0 Å². The number of ether oxygens (including phenoxy) is 1. The van der Waals surface area contributed by atoms with E-state index in [-0.39, 0.29) is 12.2 Å². The number of amides is 1. The molecule has 0 aliphatic rings. The van der Waals surface area contributed by atoms with Crippen molar-refractivity contribution in [2.45, 2.75) is 39.7 Å². The zero-order valence-electron chi connectivity index (χ0n) is 17.7. The molecular formula is C21H27N4O3P. The van der Waals surface area contributed by atoms with Crippen molar-refractivity contribution in [3.63, 3.8) is 0 Å². The van der Waals surface area contributed by atoms with Crippen LogP contribution in [0, 0.1) is 18.3 Å². The average molecular weight is 414 g/mol. The molecular weight excluding hydrogens is 387 g/mol. The zero-order chi connectivity index (χ0) is 21.9. The van der Waals surface area contributed by atoms with Gasteiger partial charge in [-0.25, -0.2) is 4.79 Å². The molecule has 8 heteroatoms. The summed E-state index contributed by atoms with van der Waals surface area (Å²) in [6, 6.07) is 7.57. The molecule has 7 nitrogen and oxygen atoms in total. The van der Waals surface area contributed by atoms with E-state index in [4.69, 9.17) is 4.74 Å². The lowest BCUT2D eigenvalue weighted by atomic mass is 10.1. The Bertz CT molecular complexity index is 1020. The predicted octanol–water partition coefficient (Wildman–Crippen LogP) is 4.48. The first kappa shape index (κ1) is 22.4. The first-order chi connectivity index (χ1) is 13.4. The van der Waals surface area contributed by atoms with Gasteiger partial charge in [-0.1, -0.05) is 0 Å². The van der Waals surface area contributed by atoms with Crippen LogP contribution in [0.2, 0.25) is 0 Å². The van der Waals surface area contributed by atoms with Crippen LogP contribution in [0.4, 0.5) is 10.5 Å². The quantitative estimate of drug-likeness (QED) is 0.443. The van der Waals surface area contributed by atoms with Crippen molar-refractivity contribution in [2.24, 2.45) is 0 Å². The predicted molar refractivity (Wildman–Crippen MR) is 118 cm³/mol. The van der Waals surface area contributed by atoms with E-state index in [9.17, 15) is 14.9 Å². The van der Waals surface area contributed by atoms with Crippen LogP contribution < -0.4 is 5.32 Å². The number of hydrogen-bond acceptors (Lipinski definition) is 5. The van der Waals surface area contributed by atoms with E-state index in [2.05, 4.69) is 20.8 Å². The molecule has 0 bridgehead atoms. The van der Waals surface area contributed by atoms with Crippen LogP contribution in [-0.2, 0) is 4.74 Å². The van der Waals surface area contributed by atoms with Crippen LogP contribution in [0.3, 0.4) is 0 Å². The highest BCUT2D eigenvalue weighted by molar-refractivity contribution is 7.15. The molecule has 1 aromatic carbocycles. The zero-order valence-corrected chi connectivity index (χ0v) is 18.8. The number of benzene rings is 1. The third kappa shape index (κ3) is 5.82. The fourth-order valence-corrected chi connectivity index (χ4v) is 3.28. The second-order valence-electron chi connectivity index (χ2n) is 8.08. The lowest BCUT2D eigenvalue weighted by molar-refractivity contribution is 0.0635. The Morgan fingerprint density at radius 3 is 2.52 bits per heavy atom. The summed E-state index contributed by atoms with van der Waals surface area (Å²) in [7, 11) is 6.13. The molecule has 29 heavy (non-hydrogen) atoms. The normalized spacial score (nSPS) is 11.9. The standard InChI is InChI=1S/C21H27N4O3P/c1-13-7-15-9-18(19(26)8-14(11-22)12-24(5)6)25(29)17(15)10-16(13)23-20(27)28-21(2,3)4/h7,9-10,12H,8,29H2,1-6H3,(H,23,27)/b14-12-. The molecule has 0 saturated carbocycles. The molecule has 0 radical (unpaired) electrons. The Morgan fingerprint density at radius 2 is 1.97 bits per heavy atom. The second kappa shape index (κ2) is 8.67. The topological polar surface area (TPSA) is 87.4 Å². The highest BCUT2D eigenvalue weighted by Gasteiger charge is 2.19. The third-order valence-electron chi connectivity index (χ3n) is 4.01. The third-order valence-corrected chi connectivity index (χ3v) is 4.57. The summed E-state index contributed by atoms with van der Waals surface area (Å²) in [5, 5.41) is 12.9. The first-order valence-corrected chi connectivity index (χ1v) is 9.64. The number of fused-ring (bicyclic) bond motifs is 1. The molecule has 154 valence electrons. The number of allylic oxidation sites excluding steroid dienone is 1. The molecule has 0 saturated heterocycles. The van der Waals surface area contributed by atoms with E-state index in [1.165, 1.54) is 0 Å². The van der Waals surface area contributed by atoms with E-state index >= 15 is 0 Å². The molecule has 2 rings (SSSR count). The van der Waals surface area contributed by atoms with Gasteiger partial charge in [0.25, 0.3) is 0 Å². The van der Waals surface area contributed by atoms with E-state index < -0.39 is 11.7 Å². The van der Waals surface area contributed by atoms with E-state index in [1.807, 2.05) is 13.0 Å². The van der Waals surface area contributed by atoms with Crippen molar-refractivity contribution in [1.29, 1.82) is 5.26 Å². The number of ketones is 1. The number of nitriles is 1. The van der Waals surface area contributed by atoms with Crippen LogP contribution in [0.15, 0.2) is 30.0 Å². The number of anilines is 1. The van der Waals surface area contributed by atoms with Gasteiger partial charge in [0.05, 0.1) is 22.9 Å². The average Bonchev–Trinajstić information content (AvgIpc) is 2.88. The monoisotopic (exact) mass is 414 g/mol. The molecule has 0 fully saturated rings. The Balaban J connectivity index is 2.35. The number of carbonyl (C=O) groups is 2. The van der Waals surface area contributed by atoms with Gasteiger partial charge in [0, 0.05) is 37.8 Å². The molecule has 1 N–H and O–H groups in total. The second-order valence-corrected chi connectivity index (χ2v) is 8.60. The van der Waals surface area contributed by atoms with Gasteiger partial charge >= 0.3 is 6.09 Å². The van der Waals surface area contributed by atoms with Gasteiger partial charge in [0.2, 0.25) is 0 Å². The van der Waals surface area contributed by atoms with Gasteiger partial charge in [0.1, 0.15) is 5.60 Å². The molecule has 2 aromatic rings. The summed E-state index contributed by atoms with van der Waals surface area (Å²) in [6.07, 6.45) is 1.12. The van der Waals surface area contributed by atoms with E-state index in [0.717, 1.165) is 16.5 Å². The minimum atomic E-state index is -0.596. The van der Waals surface area contributed by atoms with Crippen LogP contribution in [0.1, 0.15) is 43.2 Å². The Morgan fingerprint density at radius 1 is 1.31 bits per heavy atom. The number of Topliss-reactive ketones (excluding diaryl/α,β-unsaturated/α-hetero) is 1. The largest absolute Gasteiger partial charge is 0.444 e. The summed E-state index contributed by atoms with van der Waals surface area (Å²) >= 11 is 0. The maximum Gasteiger partial charge on any atom is 0.412 e. The molecule has 1 amide bonds. The fourth-order valence-electron chi connectivity index (χ4n) is 2.84. The van der Waals surface area contributed by atoms with Crippen molar-refractivity contribution in [2.75, 3.05) is 19.4 Å². The molecule has 0 aliphatic heterocycles. The molecule has 1 atom stereocenters. The van der Waals surface area contributed by atoms with Gasteiger partial charge in [-0.05, 0) is 60.8 Å². The molecule has 0 aliphatic carbocycles. The number of nitrogens with one attached hydrogen (secondary N) is 1. The van der Waals surface area contributed by atoms with Crippen LogP contribution in [0.5, 0.6) is 0 Å². The summed E-state index contributed by atoms with van der Waals surface area (Å²) in [6.45, 7) is 7.28. The maximum absolute atomic E-state index is 12.8. The first-order valence-electron chi connectivity index (χ1n) is 9.13. The maximum atomic E-state index is 12.8. The molecule has 1 aromatic heterocycles. The number of aromatic nitrogens is 1. The fraction of sp³-hybridized carbons (Fsp3) is 0.381. The molecule has 1 unspecified atom stereocenters. The summed E-state index contributed by atoms with van der Waals surface area (Å²) in [5.41, 5.74) is 2.49. The van der Waals surface area contributed by atoms with Crippen molar-refractivity contribution < 1.29 is 14.3 Å². The van der Waals surface area contributed by atoms with Gasteiger partial charge in [-0.15, -0.1) is 0 Å². The SMILES string of the molecule is Cc1cc2cc(C(=O)C/C(C#N)=C/N(C)C)n(P)c2cc1NC(=O)OC(C)(C)C. The lowest BCUT2D eigenvalue weighted by Gasteiger charge is -2.20. The van der Waals surface area contributed by atoms with E-state index in [0.29, 0.717) is 17.0 Å². The molecule has 1 heterocycles. The van der Waals surface area contributed by atoms with Crippen molar-refractivity contribution in [3.8, 4) is 6.07 Å². The lowest BCUT2D eigenvalue weighted by Crippen LogP contribution is -2.27. The molecule has 0 spiro atoms. The highest BCUT2D eigenvalue weighted by Crippen LogP contribution is 2.29. The Hall–Kier alpha value is -2.84. The number of nitrogens with zero attached hydrogens (tertiary/aromatic N) is 3. The van der Waals surface area contributed by atoms with Crippen LogP contribution >= 0.6 is 9.39 Å². The summed E-state index contributed by atoms with van der Waals surface area (Å²) < 4.78 is 7.01. The van der Waals surface area contributed by atoms with Gasteiger partial charge in [-0.2, -0.15) is 5.26 Å². The highest BCUT2D eigenvalue weighted by atomic mass is 31.0. The van der Waals surface area contributed by atoms with Crippen molar-refractivity contribution >= 4 is 37.9 Å². The summed E-state index contributed by atoms with van der Waals surface area (Å²) in [4.78, 5) is 26.6. The van der Waals surface area contributed by atoms with Crippen molar-refractivity contribution in [1.82, 2.24) is 9.24 Å². The van der Waals surface area contributed by atoms with Crippen LogP contribution in [-0.4, -0.2) is 40.8 Å².